The SMILES string of the molecule is C[C@H](c1ccc(F)cc1)n1cncc1CN1CCNC(=O)C1. The molecule has 116 valence electrons. The van der Waals surface area contributed by atoms with Gasteiger partial charge in [-0.25, -0.2) is 9.37 Å². The molecule has 0 saturated carbocycles. The van der Waals surface area contributed by atoms with E-state index >= 15 is 0 Å². The van der Waals surface area contributed by atoms with Gasteiger partial charge in [0.25, 0.3) is 0 Å². The number of nitrogens with one attached hydrogen (secondary N) is 1. The van der Waals surface area contributed by atoms with Gasteiger partial charge in [0.15, 0.2) is 0 Å². The summed E-state index contributed by atoms with van der Waals surface area (Å²) in [6.45, 7) is 4.67. The highest BCUT2D eigenvalue weighted by molar-refractivity contribution is 5.78. The molecule has 1 amide bonds. The Kier molecular flexibility index (Phi) is 4.20. The van der Waals surface area contributed by atoms with Crippen molar-refractivity contribution in [3.8, 4) is 0 Å². The minimum absolute atomic E-state index is 0.0592. The second-order valence-electron chi connectivity index (χ2n) is 5.58. The standard InChI is InChI=1S/C16H19FN4O/c1-12(13-2-4-14(17)5-3-13)21-11-18-8-15(21)9-20-7-6-19-16(22)10-20/h2-5,8,11-12H,6-7,9-10H2,1H3,(H,19,22)/t12-/m1/s1. The Morgan fingerprint density at radius 3 is 2.86 bits per heavy atom. The zero-order chi connectivity index (χ0) is 15.5. The molecule has 1 aliphatic heterocycles. The minimum atomic E-state index is -0.235. The fraction of sp³-hybridized carbons (Fsp3) is 0.375. The highest BCUT2D eigenvalue weighted by Crippen LogP contribution is 2.21. The number of rotatable bonds is 4. The fourth-order valence-corrected chi connectivity index (χ4v) is 2.76. The maximum absolute atomic E-state index is 13.1. The van der Waals surface area contributed by atoms with E-state index in [4.69, 9.17) is 0 Å². The first-order valence-electron chi connectivity index (χ1n) is 7.38. The molecule has 1 aromatic carbocycles. The van der Waals surface area contributed by atoms with Crippen LogP contribution in [0.1, 0.15) is 24.2 Å². The van der Waals surface area contributed by atoms with Crippen molar-refractivity contribution in [1.82, 2.24) is 19.8 Å². The van der Waals surface area contributed by atoms with Gasteiger partial charge in [-0.05, 0) is 24.6 Å². The Morgan fingerprint density at radius 1 is 1.36 bits per heavy atom. The average Bonchev–Trinajstić information content (AvgIpc) is 2.95. The third-order valence-electron chi connectivity index (χ3n) is 4.02. The third kappa shape index (κ3) is 3.17. The Labute approximate surface area is 128 Å². The number of hydrogen-bond acceptors (Lipinski definition) is 3. The van der Waals surface area contributed by atoms with Crippen LogP contribution in [0.25, 0.3) is 0 Å². The van der Waals surface area contributed by atoms with Crippen LogP contribution in [0.3, 0.4) is 0 Å². The molecule has 0 unspecified atom stereocenters. The number of amides is 1. The number of aromatic nitrogens is 2. The topological polar surface area (TPSA) is 50.2 Å². The Hall–Kier alpha value is -2.21. The number of benzene rings is 1. The zero-order valence-electron chi connectivity index (χ0n) is 12.5. The van der Waals surface area contributed by atoms with Crippen LogP contribution >= 0.6 is 0 Å². The van der Waals surface area contributed by atoms with Gasteiger partial charge >= 0.3 is 0 Å². The van der Waals surface area contributed by atoms with E-state index in [9.17, 15) is 9.18 Å². The lowest BCUT2D eigenvalue weighted by Crippen LogP contribution is -2.47. The van der Waals surface area contributed by atoms with Crippen molar-refractivity contribution in [2.75, 3.05) is 19.6 Å². The molecular weight excluding hydrogens is 283 g/mol. The van der Waals surface area contributed by atoms with Gasteiger partial charge < -0.3 is 9.88 Å². The van der Waals surface area contributed by atoms with Crippen LogP contribution in [0.4, 0.5) is 4.39 Å². The van der Waals surface area contributed by atoms with E-state index in [1.165, 1.54) is 12.1 Å². The molecule has 1 N–H and O–H groups in total. The van der Waals surface area contributed by atoms with Crippen molar-refractivity contribution in [2.45, 2.75) is 19.5 Å². The van der Waals surface area contributed by atoms with Crippen LogP contribution < -0.4 is 5.32 Å². The summed E-state index contributed by atoms with van der Waals surface area (Å²) in [4.78, 5) is 17.8. The summed E-state index contributed by atoms with van der Waals surface area (Å²) >= 11 is 0. The lowest BCUT2D eigenvalue weighted by molar-refractivity contribution is -0.124. The number of halogens is 1. The van der Waals surface area contributed by atoms with E-state index in [1.807, 2.05) is 6.20 Å². The molecule has 0 aliphatic carbocycles. The first-order valence-corrected chi connectivity index (χ1v) is 7.38. The Balaban J connectivity index is 1.76. The summed E-state index contributed by atoms with van der Waals surface area (Å²) in [7, 11) is 0. The molecule has 3 rings (SSSR count). The Bertz CT molecular complexity index is 652. The third-order valence-corrected chi connectivity index (χ3v) is 4.02. The number of carbonyl (C=O) groups excluding carboxylic acids is 1. The molecule has 1 aromatic heterocycles. The lowest BCUT2D eigenvalue weighted by Gasteiger charge is -2.27. The number of imidazole rings is 1. The molecule has 0 spiro atoms. The van der Waals surface area contributed by atoms with Crippen LogP contribution in [0.2, 0.25) is 0 Å². The van der Waals surface area contributed by atoms with Gasteiger partial charge in [0.2, 0.25) is 5.91 Å². The molecule has 5 nitrogen and oxygen atoms in total. The van der Waals surface area contributed by atoms with Gasteiger partial charge in [-0.2, -0.15) is 0 Å². The van der Waals surface area contributed by atoms with Crippen molar-refractivity contribution in [3.05, 3.63) is 53.9 Å². The van der Waals surface area contributed by atoms with Gasteiger partial charge in [0, 0.05) is 25.8 Å². The van der Waals surface area contributed by atoms with Crippen molar-refractivity contribution in [2.24, 2.45) is 0 Å². The van der Waals surface area contributed by atoms with Gasteiger partial charge in [0.05, 0.1) is 24.6 Å². The van der Waals surface area contributed by atoms with Crippen LogP contribution in [0.15, 0.2) is 36.8 Å². The average molecular weight is 302 g/mol. The fourth-order valence-electron chi connectivity index (χ4n) is 2.76. The lowest BCUT2D eigenvalue weighted by atomic mass is 10.1. The molecule has 2 heterocycles. The highest BCUT2D eigenvalue weighted by atomic mass is 19.1. The number of nitrogens with zero attached hydrogens (tertiary/aromatic N) is 3. The van der Waals surface area contributed by atoms with Crippen LogP contribution in [0, 0.1) is 5.82 Å². The van der Waals surface area contributed by atoms with E-state index in [1.54, 1.807) is 18.5 Å². The van der Waals surface area contributed by atoms with E-state index < -0.39 is 0 Å². The Morgan fingerprint density at radius 2 is 2.14 bits per heavy atom. The van der Waals surface area contributed by atoms with Crippen molar-refractivity contribution < 1.29 is 9.18 Å². The van der Waals surface area contributed by atoms with Gasteiger partial charge in [-0.3, -0.25) is 9.69 Å². The molecule has 0 bridgehead atoms. The van der Waals surface area contributed by atoms with Crippen LogP contribution in [0.5, 0.6) is 0 Å². The number of hydrogen-bond donors (Lipinski definition) is 1. The summed E-state index contributed by atoms with van der Waals surface area (Å²) < 4.78 is 15.1. The van der Waals surface area contributed by atoms with E-state index in [2.05, 4.69) is 26.7 Å². The molecule has 22 heavy (non-hydrogen) atoms. The van der Waals surface area contributed by atoms with E-state index in [-0.39, 0.29) is 17.8 Å². The van der Waals surface area contributed by atoms with Crippen molar-refractivity contribution >= 4 is 5.91 Å². The highest BCUT2D eigenvalue weighted by Gasteiger charge is 2.19. The van der Waals surface area contributed by atoms with Gasteiger partial charge in [-0.15, -0.1) is 0 Å². The molecule has 1 aliphatic rings. The minimum Gasteiger partial charge on any atom is -0.354 e. The zero-order valence-corrected chi connectivity index (χ0v) is 12.5. The predicted molar refractivity (Wildman–Crippen MR) is 80.7 cm³/mol. The maximum Gasteiger partial charge on any atom is 0.234 e. The summed E-state index contributed by atoms with van der Waals surface area (Å²) in [5.41, 5.74) is 2.07. The molecule has 1 atom stereocenters. The van der Waals surface area contributed by atoms with Gasteiger partial charge in [0.1, 0.15) is 5.82 Å². The number of piperazine rings is 1. The molecule has 2 aromatic rings. The first-order chi connectivity index (χ1) is 10.6. The monoisotopic (exact) mass is 302 g/mol. The molecule has 6 heteroatoms. The molecule has 1 fully saturated rings. The molecule has 1 saturated heterocycles. The van der Waals surface area contributed by atoms with E-state index in [0.717, 1.165) is 17.8 Å². The van der Waals surface area contributed by atoms with Crippen LogP contribution in [-0.4, -0.2) is 40.0 Å². The molecule has 0 radical (unpaired) electrons. The first kappa shape index (κ1) is 14.7. The number of carbonyl (C=O) groups is 1. The van der Waals surface area contributed by atoms with E-state index in [0.29, 0.717) is 19.6 Å². The molecular formula is C16H19FN4O. The predicted octanol–water partition coefficient (Wildman–Crippen LogP) is 1.56. The quantitative estimate of drug-likeness (QED) is 0.932. The second-order valence-corrected chi connectivity index (χ2v) is 5.58. The normalized spacial score (nSPS) is 17.3. The largest absolute Gasteiger partial charge is 0.354 e. The second kappa shape index (κ2) is 6.27. The van der Waals surface area contributed by atoms with Gasteiger partial charge in [-0.1, -0.05) is 12.1 Å². The summed E-state index contributed by atoms with van der Waals surface area (Å²) in [6.07, 6.45) is 3.61. The maximum atomic E-state index is 13.1. The van der Waals surface area contributed by atoms with Crippen molar-refractivity contribution in [3.63, 3.8) is 0 Å². The van der Waals surface area contributed by atoms with Crippen molar-refractivity contribution in [1.29, 1.82) is 0 Å². The van der Waals surface area contributed by atoms with Crippen LogP contribution in [-0.2, 0) is 11.3 Å². The summed E-state index contributed by atoms with van der Waals surface area (Å²) in [5, 5.41) is 2.82. The smallest absolute Gasteiger partial charge is 0.234 e. The summed E-state index contributed by atoms with van der Waals surface area (Å²) in [5.74, 6) is -0.176. The summed E-state index contributed by atoms with van der Waals surface area (Å²) in [6, 6.07) is 6.59.